The largest absolute Gasteiger partial charge is 0.208 e. The van der Waals surface area contributed by atoms with Crippen LogP contribution in [0.5, 0.6) is 0 Å². The van der Waals surface area contributed by atoms with Gasteiger partial charge in [-0.05, 0) is 36.8 Å². The molecule has 0 unspecified atom stereocenters. The Balaban J connectivity index is 1.53. The fraction of sp³-hybridized carbons (Fsp3) is 0.600. The highest BCUT2D eigenvalue weighted by atomic mass is 14.9. The van der Waals surface area contributed by atoms with Gasteiger partial charge in [-0.15, -0.1) is 0 Å². The summed E-state index contributed by atoms with van der Waals surface area (Å²) in [6, 6.07) is 9.06. The number of rotatable bonds is 14. The highest BCUT2D eigenvalue weighted by Crippen LogP contribution is 2.10. The molecule has 0 saturated carbocycles. The lowest BCUT2D eigenvalue weighted by molar-refractivity contribution is -0.697. The van der Waals surface area contributed by atoms with E-state index in [0.29, 0.717) is 0 Å². The van der Waals surface area contributed by atoms with Crippen LogP contribution in [0.4, 0.5) is 0 Å². The van der Waals surface area contributed by atoms with E-state index in [2.05, 4.69) is 72.2 Å². The Labute approximate surface area is 167 Å². The molecule has 0 aliphatic heterocycles. The standard InChI is InChI=1S/C25H40N2/c1-3-4-5-6-7-8-9-10-11-19-27-22-17-25(18-23-27)14-12-13-24-15-20-26(2)21-16-24/h15-18,20-23H,3-14,19H2,1-2H3/q+2. The van der Waals surface area contributed by atoms with E-state index in [4.69, 9.17) is 0 Å². The molecule has 2 aromatic heterocycles. The van der Waals surface area contributed by atoms with Gasteiger partial charge in [-0.2, -0.15) is 0 Å². The van der Waals surface area contributed by atoms with Crippen molar-refractivity contribution < 1.29 is 9.13 Å². The molecule has 2 nitrogen and oxygen atoms in total. The lowest BCUT2D eigenvalue weighted by atomic mass is 10.1. The Kier molecular flexibility index (Phi) is 10.8. The van der Waals surface area contributed by atoms with Gasteiger partial charge in [0, 0.05) is 30.7 Å². The van der Waals surface area contributed by atoms with Gasteiger partial charge in [-0.1, -0.05) is 51.9 Å². The molecule has 0 aromatic carbocycles. The summed E-state index contributed by atoms with van der Waals surface area (Å²) in [4.78, 5) is 0. The number of nitrogens with zero attached hydrogens (tertiary/aromatic N) is 2. The first-order valence-electron chi connectivity index (χ1n) is 11.2. The second kappa shape index (κ2) is 13.5. The molecule has 0 spiro atoms. The fourth-order valence-corrected chi connectivity index (χ4v) is 3.60. The molecule has 0 amide bonds. The Bertz CT molecular complexity index is 601. The van der Waals surface area contributed by atoms with Crippen molar-refractivity contribution in [2.24, 2.45) is 7.05 Å². The van der Waals surface area contributed by atoms with Crippen LogP contribution in [0.25, 0.3) is 0 Å². The quantitative estimate of drug-likeness (QED) is 0.307. The molecule has 27 heavy (non-hydrogen) atoms. The first kappa shape index (κ1) is 21.6. The predicted octanol–water partition coefficient (Wildman–Crippen LogP) is 5.50. The molecule has 2 rings (SSSR count). The molecule has 0 radical (unpaired) electrons. The van der Waals surface area contributed by atoms with Gasteiger partial charge in [-0.3, -0.25) is 0 Å². The minimum atomic E-state index is 1.16. The number of hydrogen-bond acceptors (Lipinski definition) is 0. The normalized spacial score (nSPS) is 11.0. The maximum atomic E-state index is 2.35. The van der Waals surface area contributed by atoms with Gasteiger partial charge in [-0.25, -0.2) is 9.13 Å². The second-order valence-corrected chi connectivity index (χ2v) is 8.00. The molecule has 148 valence electrons. The molecule has 2 heteroatoms. The van der Waals surface area contributed by atoms with Crippen LogP contribution >= 0.6 is 0 Å². The summed E-state index contributed by atoms with van der Waals surface area (Å²) >= 11 is 0. The van der Waals surface area contributed by atoms with Crippen LogP contribution in [0, 0.1) is 0 Å². The molecular weight excluding hydrogens is 328 g/mol. The van der Waals surface area contributed by atoms with E-state index in [1.807, 2.05) is 0 Å². The molecule has 0 aliphatic rings. The van der Waals surface area contributed by atoms with Crippen molar-refractivity contribution in [3.63, 3.8) is 0 Å². The third kappa shape index (κ3) is 9.70. The van der Waals surface area contributed by atoms with Crippen molar-refractivity contribution >= 4 is 0 Å². The Morgan fingerprint density at radius 1 is 0.593 bits per heavy atom. The highest BCUT2D eigenvalue weighted by Gasteiger charge is 2.02. The summed E-state index contributed by atoms with van der Waals surface area (Å²) in [5.41, 5.74) is 2.89. The van der Waals surface area contributed by atoms with Crippen LogP contribution in [0.2, 0.25) is 0 Å². The second-order valence-electron chi connectivity index (χ2n) is 8.00. The Morgan fingerprint density at radius 2 is 1.07 bits per heavy atom. The summed E-state index contributed by atoms with van der Waals surface area (Å²) in [5.74, 6) is 0. The predicted molar refractivity (Wildman–Crippen MR) is 114 cm³/mol. The molecule has 2 aromatic rings. The summed E-state index contributed by atoms with van der Waals surface area (Å²) in [7, 11) is 2.07. The van der Waals surface area contributed by atoms with Gasteiger partial charge in [0.25, 0.3) is 0 Å². The van der Waals surface area contributed by atoms with Crippen molar-refractivity contribution in [2.75, 3.05) is 0 Å². The number of aryl methyl sites for hydroxylation is 4. The van der Waals surface area contributed by atoms with Crippen LogP contribution in [0.1, 0.15) is 82.3 Å². The molecular formula is C25H40N2+2. The minimum absolute atomic E-state index is 1.16. The van der Waals surface area contributed by atoms with Gasteiger partial charge in [0.15, 0.2) is 24.8 Å². The molecule has 0 atom stereocenters. The molecule has 0 N–H and O–H groups in total. The van der Waals surface area contributed by atoms with E-state index in [1.165, 1.54) is 81.8 Å². The van der Waals surface area contributed by atoms with Crippen molar-refractivity contribution in [3.8, 4) is 0 Å². The van der Waals surface area contributed by atoms with E-state index < -0.39 is 0 Å². The van der Waals surface area contributed by atoms with Gasteiger partial charge in [0.1, 0.15) is 13.6 Å². The van der Waals surface area contributed by atoms with E-state index in [9.17, 15) is 0 Å². The molecule has 2 heterocycles. The lowest BCUT2D eigenvalue weighted by Crippen LogP contribution is -2.32. The lowest BCUT2D eigenvalue weighted by Gasteiger charge is -2.03. The fourth-order valence-electron chi connectivity index (χ4n) is 3.60. The van der Waals surface area contributed by atoms with E-state index in [1.54, 1.807) is 0 Å². The van der Waals surface area contributed by atoms with Gasteiger partial charge < -0.3 is 0 Å². The first-order valence-corrected chi connectivity index (χ1v) is 11.2. The maximum absolute atomic E-state index is 2.35. The summed E-state index contributed by atoms with van der Waals surface area (Å²) in [6.45, 7) is 3.45. The molecule has 0 aliphatic carbocycles. The highest BCUT2D eigenvalue weighted by molar-refractivity contribution is 5.10. The number of hydrogen-bond donors (Lipinski definition) is 0. The third-order valence-electron chi connectivity index (χ3n) is 5.46. The minimum Gasteiger partial charge on any atom is -0.208 e. The summed E-state index contributed by atoms with van der Waals surface area (Å²) in [6.07, 6.45) is 24.9. The summed E-state index contributed by atoms with van der Waals surface area (Å²) < 4.78 is 4.44. The van der Waals surface area contributed by atoms with Gasteiger partial charge in [0.05, 0.1) is 0 Å². The average molecular weight is 369 g/mol. The van der Waals surface area contributed by atoms with Crippen LogP contribution in [0.15, 0.2) is 49.1 Å². The van der Waals surface area contributed by atoms with Crippen molar-refractivity contribution in [2.45, 2.75) is 90.5 Å². The van der Waals surface area contributed by atoms with Crippen molar-refractivity contribution in [3.05, 3.63) is 60.2 Å². The van der Waals surface area contributed by atoms with Crippen molar-refractivity contribution in [1.82, 2.24) is 0 Å². The monoisotopic (exact) mass is 368 g/mol. The van der Waals surface area contributed by atoms with Crippen molar-refractivity contribution in [1.29, 1.82) is 0 Å². The van der Waals surface area contributed by atoms with Crippen LogP contribution < -0.4 is 9.13 Å². The molecule has 0 fully saturated rings. The Morgan fingerprint density at radius 3 is 1.63 bits per heavy atom. The van der Waals surface area contributed by atoms with Gasteiger partial charge in [0.2, 0.25) is 0 Å². The van der Waals surface area contributed by atoms with E-state index in [-0.39, 0.29) is 0 Å². The third-order valence-corrected chi connectivity index (χ3v) is 5.46. The van der Waals surface area contributed by atoms with Crippen LogP contribution in [-0.4, -0.2) is 0 Å². The number of pyridine rings is 2. The van der Waals surface area contributed by atoms with Crippen LogP contribution in [0.3, 0.4) is 0 Å². The molecule has 0 saturated heterocycles. The van der Waals surface area contributed by atoms with Crippen LogP contribution in [-0.2, 0) is 26.4 Å². The first-order chi connectivity index (χ1) is 13.3. The zero-order chi connectivity index (χ0) is 19.2. The smallest absolute Gasteiger partial charge is 0.169 e. The topological polar surface area (TPSA) is 7.76 Å². The maximum Gasteiger partial charge on any atom is 0.169 e. The zero-order valence-electron chi connectivity index (χ0n) is 17.7. The van der Waals surface area contributed by atoms with Gasteiger partial charge >= 0.3 is 0 Å². The van der Waals surface area contributed by atoms with E-state index >= 15 is 0 Å². The average Bonchev–Trinajstić information content (AvgIpc) is 2.69. The number of unbranched alkanes of at least 4 members (excludes halogenated alkanes) is 8. The zero-order valence-corrected chi connectivity index (χ0v) is 17.7. The Hall–Kier alpha value is -1.70. The summed E-state index contributed by atoms with van der Waals surface area (Å²) in [5, 5.41) is 0. The van der Waals surface area contributed by atoms with E-state index in [0.717, 1.165) is 13.0 Å². The number of aromatic nitrogens is 2. The molecule has 0 bridgehead atoms. The SMILES string of the molecule is CCCCCCCCCCC[n+]1ccc(CCCc2cc[n+](C)cc2)cc1.